The fraction of sp³-hybridized carbons (Fsp3) is 0.533. The second kappa shape index (κ2) is 8.63. The number of aryl methyl sites for hydroxylation is 1. The van der Waals surface area contributed by atoms with Crippen molar-refractivity contribution in [2.24, 2.45) is 4.99 Å². The van der Waals surface area contributed by atoms with E-state index < -0.39 is 9.84 Å². The maximum Gasteiger partial charge on any atom is 0.191 e. The van der Waals surface area contributed by atoms with Crippen molar-refractivity contribution < 1.29 is 13.2 Å². The number of benzene rings is 1. The molecule has 0 saturated carbocycles. The van der Waals surface area contributed by atoms with Crippen LogP contribution >= 0.6 is 0 Å². The van der Waals surface area contributed by atoms with Crippen LogP contribution in [0.4, 0.5) is 0 Å². The number of aliphatic imine (C=N–C) groups is 1. The third-order valence-corrected chi connectivity index (χ3v) is 3.90. The molecule has 0 saturated heterocycles. The third-order valence-electron chi connectivity index (χ3n) is 2.96. The van der Waals surface area contributed by atoms with Gasteiger partial charge in [0.05, 0.1) is 12.4 Å². The van der Waals surface area contributed by atoms with E-state index in [0.29, 0.717) is 25.7 Å². The topological polar surface area (TPSA) is 79.8 Å². The molecule has 1 aromatic rings. The van der Waals surface area contributed by atoms with Crippen LogP contribution in [-0.2, 0) is 16.4 Å². The normalized spacial score (nSPS) is 12.1. The SMILES string of the molecule is CCOc1cc(C)ccc1CNC(=NC)NCCS(C)(=O)=O. The minimum atomic E-state index is -2.98. The Morgan fingerprint density at radius 3 is 2.64 bits per heavy atom. The first-order valence-electron chi connectivity index (χ1n) is 7.20. The summed E-state index contributed by atoms with van der Waals surface area (Å²) in [6.07, 6.45) is 1.21. The summed E-state index contributed by atoms with van der Waals surface area (Å²) in [6.45, 7) is 5.45. The molecule has 0 unspecified atom stereocenters. The second-order valence-corrected chi connectivity index (χ2v) is 7.29. The van der Waals surface area contributed by atoms with Crippen LogP contribution < -0.4 is 15.4 Å². The molecule has 1 aromatic carbocycles. The lowest BCUT2D eigenvalue weighted by molar-refractivity contribution is 0.336. The molecule has 7 heteroatoms. The Labute approximate surface area is 132 Å². The summed E-state index contributed by atoms with van der Waals surface area (Å²) in [6, 6.07) is 6.04. The van der Waals surface area contributed by atoms with E-state index in [-0.39, 0.29) is 5.75 Å². The molecule has 22 heavy (non-hydrogen) atoms. The highest BCUT2D eigenvalue weighted by atomic mass is 32.2. The second-order valence-electron chi connectivity index (χ2n) is 5.03. The molecule has 6 nitrogen and oxygen atoms in total. The molecule has 0 bridgehead atoms. The van der Waals surface area contributed by atoms with Gasteiger partial charge in [-0.2, -0.15) is 0 Å². The lowest BCUT2D eigenvalue weighted by Gasteiger charge is -2.14. The van der Waals surface area contributed by atoms with E-state index in [2.05, 4.69) is 15.6 Å². The number of hydrogen-bond acceptors (Lipinski definition) is 4. The molecule has 0 atom stereocenters. The summed E-state index contributed by atoms with van der Waals surface area (Å²) in [7, 11) is -1.33. The van der Waals surface area contributed by atoms with Crippen molar-refractivity contribution in [2.75, 3.05) is 32.2 Å². The number of nitrogens with one attached hydrogen (secondary N) is 2. The lowest BCUT2D eigenvalue weighted by Crippen LogP contribution is -2.39. The van der Waals surface area contributed by atoms with Gasteiger partial charge in [-0.15, -0.1) is 0 Å². The summed E-state index contributed by atoms with van der Waals surface area (Å²) in [4.78, 5) is 4.07. The van der Waals surface area contributed by atoms with Crippen molar-refractivity contribution >= 4 is 15.8 Å². The van der Waals surface area contributed by atoms with Crippen LogP contribution in [0.5, 0.6) is 5.75 Å². The van der Waals surface area contributed by atoms with Gasteiger partial charge in [0.25, 0.3) is 0 Å². The molecule has 2 N–H and O–H groups in total. The molecule has 124 valence electrons. The van der Waals surface area contributed by atoms with Gasteiger partial charge in [-0.3, -0.25) is 4.99 Å². The van der Waals surface area contributed by atoms with Gasteiger partial charge in [0, 0.05) is 32.0 Å². The standard InChI is InChI=1S/C15H25N3O3S/c1-5-21-14-10-12(2)6-7-13(14)11-18-15(16-3)17-8-9-22(4,19)20/h6-7,10H,5,8-9,11H2,1-4H3,(H2,16,17,18). The zero-order valence-corrected chi connectivity index (χ0v) is 14.5. The van der Waals surface area contributed by atoms with Crippen LogP contribution in [0, 0.1) is 6.92 Å². The van der Waals surface area contributed by atoms with Crippen molar-refractivity contribution in [3.05, 3.63) is 29.3 Å². The molecular weight excluding hydrogens is 302 g/mol. The molecular formula is C15H25N3O3S. The predicted molar refractivity (Wildman–Crippen MR) is 90.3 cm³/mol. The molecule has 0 aliphatic carbocycles. The summed E-state index contributed by atoms with van der Waals surface area (Å²) in [5.74, 6) is 1.48. The van der Waals surface area contributed by atoms with Gasteiger partial charge in [-0.05, 0) is 25.5 Å². The average molecular weight is 327 g/mol. The van der Waals surface area contributed by atoms with Gasteiger partial charge in [-0.1, -0.05) is 12.1 Å². The number of rotatable bonds is 7. The molecule has 0 fully saturated rings. The quantitative estimate of drug-likeness (QED) is 0.579. The summed E-state index contributed by atoms with van der Waals surface area (Å²) in [5, 5.41) is 6.13. The van der Waals surface area contributed by atoms with E-state index in [1.807, 2.05) is 32.0 Å². The smallest absolute Gasteiger partial charge is 0.191 e. The predicted octanol–water partition coefficient (Wildman–Crippen LogP) is 1.10. The number of guanidine groups is 1. The lowest BCUT2D eigenvalue weighted by atomic mass is 10.1. The first kappa shape index (κ1) is 18.3. The number of ether oxygens (including phenoxy) is 1. The third kappa shape index (κ3) is 6.80. The van der Waals surface area contributed by atoms with E-state index in [1.165, 1.54) is 6.26 Å². The largest absolute Gasteiger partial charge is 0.494 e. The zero-order chi connectivity index (χ0) is 16.6. The Bertz CT molecular complexity index is 612. The van der Waals surface area contributed by atoms with Gasteiger partial charge >= 0.3 is 0 Å². The van der Waals surface area contributed by atoms with Gasteiger partial charge < -0.3 is 15.4 Å². The molecule has 0 aliphatic rings. The van der Waals surface area contributed by atoms with E-state index in [0.717, 1.165) is 16.9 Å². The van der Waals surface area contributed by atoms with Crippen molar-refractivity contribution in [1.29, 1.82) is 0 Å². The van der Waals surface area contributed by atoms with E-state index in [4.69, 9.17) is 4.74 Å². The van der Waals surface area contributed by atoms with Crippen LogP contribution in [0.15, 0.2) is 23.2 Å². The first-order valence-corrected chi connectivity index (χ1v) is 9.26. The van der Waals surface area contributed by atoms with Gasteiger partial charge in [0.2, 0.25) is 0 Å². The van der Waals surface area contributed by atoms with Gasteiger partial charge in [0.15, 0.2) is 5.96 Å². The molecule has 0 radical (unpaired) electrons. The van der Waals surface area contributed by atoms with E-state index in [9.17, 15) is 8.42 Å². The highest BCUT2D eigenvalue weighted by Gasteiger charge is 2.06. The average Bonchev–Trinajstić information content (AvgIpc) is 2.43. The molecule has 0 aromatic heterocycles. The zero-order valence-electron chi connectivity index (χ0n) is 13.6. The number of nitrogens with zero attached hydrogens (tertiary/aromatic N) is 1. The van der Waals surface area contributed by atoms with E-state index in [1.54, 1.807) is 7.05 Å². The monoisotopic (exact) mass is 327 g/mol. The van der Waals surface area contributed by atoms with Crippen LogP contribution in [0.25, 0.3) is 0 Å². The summed E-state index contributed by atoms with van der Waals surface area (Å²) >= 11 is 0. The maximum absolute atomic E-state index is 11.1. The Morgan fingerprint density at radius 2 is 2.05 bits per heavy atom. The van der Waals surface area contributed by atoms with Crippen LogP contribution in [-0.4, -0.2) is 46.6 Å². The molecule has 0 spiro atoms. The van der Waals surface area contributed by atoms with Crippen LogP contribution in [0.2, 0.25) is 0 Å². The molecule has 0 heterocycles. The first-order chi connectivity index (χ1) is 10.4. The van der Waals surface area contributed by atoms with Crippen LogP contribution in [0.3, 0.4) is 0 Å². The number of sulfone groups is 1. The summed E-state index contributed by atoms with van der Waals surface area (Å²) in [5.41, 5.74) is 2.17. The minimum absolute atomic E-state index is 0.0719. The number of hydrogen-bond donors (Lipinski definition) is 2. The Balaban J connectivity index is 2.60. The Hall–Kier alpha value is -1.76. The summed E-state index contributed by atoms with van der Waals surface area (Å²) < 4.78 is 27.9. The molecule has 0 amide bonds. The van der Waals surface area contributed by atoms with Crippen molar-refractivity contribution in [2.45, 2.75) is 20.4 Å². The van der Waals surface area contributed by atoms with Gasteiger partial charge in [-0.25, -0.2) is 8.42 Å². The van der Waals surface area contributed by atoms with Gasteiger partial charge in [0.1, 0.15) is 15.6 Å². The maximum atomic E-state index is 11.1. The minimum Gasteiger partial charge on any atom is -0.494 e. The van der Waals surface area contributed by atoms with Crippen molar-refractivity contribution in [3.8, 4) is 5.75 Å². The van der Waals surface area contributed by atoms with Crippen molar-refractivity contribution in [1.82, 2.24) is 10.6 Å². The molecule has 1 rings (SSSR count). The highest BCUT2D eigenvalue weighted by molar-refractivity contribution is 7.90. The Kier molecular flexibility index (Phi) is 7.17. The highest BCUT2D eigenvalue weighted by Crippen LogP contribution is 2.20. The van der Waals surface area contributed by atoms with Crippen LogP contribution in [0.1, 0.15) is 18.1 Å². The Morgan fingerprint density at radius 1 is 1.32 bits per heavy atom. The van der Waals surface area contributed by atoms with Crippen molar-refractivity contribution in [3.63, 3.8) is 0 Å². The fourth-order valence-electron chi connectivity index (χ4n) is 1.85. The van der Waals surface area contributed by atoms with E-state index >= 15 is 0 Å². The fourth-order valence-corrected chi connectivity index (χ4v) is 2.32. The molecule has 0 aliphatic heterocycles.